The standard InChI is InChI=1S/C15H18N2O5/c16-12(15(21)22)9-10(11(9)14(19)20)13(18)17-7-6-8-4-2-1-3-5-8/h1-5,9-12H,6-7,16H2,(H,17,18)(H,19,20)(H,21,22). The quantitative estimate of drug-likeness (QED) is 0.547. The summed E-state index contributed by atoms with van der Waals surface area (Å²) in [6, 6.07) is 8.17. The first-order valence-corrected chi connectivity index (χ1v) is 6.96. The first-order chi connectivity index (χ1) is 10.4. The second-order valence-electron chi connectivity index (χ2n) is 5.36. The summed E-state index contributed by atoms with van der Waals surface area (Å²) in [4.78, 5) is 34.0. The van der Waals surface area contributed by atoms with Crippen LogP contribution in [0.4, 0.5) is 0 Å². The zero-order valence-electron chi connectivity index (χ0n) is 11.8. The first kappa shape index (κ1) is 16.0. The molecule has 0 heterocycles. The van der Waals surface area contributed by atoms with Crippen LogP contribution < -0.4 is 11.1 Å². The Morgan fingerprint density at radius 3 is 2.32 bits per heavy atom. The third-order valence-electron chi connectivity index (χ3n) is 3.92. The number of carbonyl (C=O) groups is 3. The topological polar surface area (TPSA) is 130 Å². The van der Waals surface area contributed by atoms with Gasteiger partial charge in [-0.25, -0.2) is 0 Å². The van der Waals surface area contributed by atoms with Crippen LogP contribution in [0.3, 0.4) is 0 Å². The van der Waals surface area contributed by atoms with E-state index in [2.05, 4.69) is 5.32 Å². The number of aliphatic carboxylic acids is 2. The fourth-order valence-electron chi connectivity index (χ4n) is 2.69. The molecule has 7 heteroatoms. The molecule has 22 heavy (non-hydrogen) atoms. The molecule has 1 amide bonds. The second-order valence-corrected chi connectivity index (χ2v) is 5.36. The lowest BCUT2D eigenvalue weighted by atomic mass is 10.1. The monoisotopic (exact) mass is 306 g/mol. The summed E-state index contributed by atoms with van der Waals surface area (Å²) < 4.78 is 0. The third-order valence-corrected chi connectivity index (χ3v) is 3.92. The second kappa shape index (κ2) is 6.57. The molecule has 0 spiro atoms. The predicted molar refractivity (Wildman–Crippen MR) is 76.9 cm³/mol. The molecule has 1 saturated carbocycles. The number of carboxylic acid groups (broad SMARTS) is 2. The highest BCUT2D eigenvalue weighted by molar-refractivity contribution is 5.92. The summed E-state index contributed by atoms with van der Waals surface area (Å²) in [7, 11) is 0. The summed E-state index contributed by atoms with van der Waals surface area (Å²) in [5.74, 6) is -5.69. The fourth-order valence-corrected chi connectivity index (χ4v) is 2.69. The number of amides is 1. The molecule has 1 aromatic carbocycles. The van der Waals surface area contributed by atoms with Crippen molar-refractivity contribution in [3.63, 3.8) is 0 Å². The molecular weight excluding hydrogens is 288 g/mol. The summed E-state index contributed by atoms with van der Waals surface area (Å²) in [5, 5.41) is 20.6. The smallest absolute Gasteiger partial charge is 0.320 e. The van der Waals surface area contributed by atoms with Crippen LogP contribution in [0.15, 0.2) is 30.3 Å². The van der Waals surface area contributed by atoms with E-state index in [4.69, 9.17) is 15.9 Å². The largest absolute Gasteiger partial charge is 0.481 e. The van der Waals surface area contributed by atoms with Gasteiger partial charge in [-0.1, -0.05) is 30.3 Å². The van der Waals surface area contributed by atoms with Crippen LogP contribution in [0, 0.1) is 17.8 Å². The minimum Gasteiger partial charge on any atom is -0.481 e. The van der Waals surface area contributed by atoms with Crippen molar-refractivity contribution < 1.29 is 24.6 Å². The van der Waals surface area contributed by atoms with Gasteiger partial charge in [0, 0.05) is 12.5 Å². The normalized spacial score (nSPS) is 24.3. The summed E-state index contributed by atoms with van der Waals surface area (Å²) >= 11 is 0. The molecular formula is C15H18N2O5. The van der Waals surface area contributed by atoms with Crippen molar-refractivity contribution in [3.8, 4) is 0 Å². The maximum absolute atomic E-state index is 12.0. The number of carbonyl (C=O) groups excluding carboxylic acids is 1. The number of nitrogens with two attached hydrogens (primary N) is 1. The summed E-state index contributed by atoms with van der Waals surface area (Å²) in [5.41, 5.74) is 6.50. The zero-order chi connectivity index (χ0) is 16.3. The number of hydrogen-bond donors (Lipinski definition) is 4. The van der Waals surface area contributed by atoms with Crippen LogP contribution >= 0.6 is 0 Å². The fraction of sp³-hybridized carbons (Fsp3) is 0.400. The molecule has 7 nitrogen and oxygen atoms in total. The van der Waals surface area contributed by atoms with Crippen molar-refractivity contribution in [2.24, 2.45) is 23.5 Å². The van der Waals surface area contributed by atoms with E-state index in [1.807, 2.05) is 30.3 Å². The number of hydrogen-bond acceptors (Lipinski definition) is 4. The summed E-state index contributed by atoms with van der Waals surface area (Å²) in [6.07, 6.45) is 0.618. The van der Waals surface area contributed by atoms with Crippen molar-refractivity contribution in [3.05, 3.63) is 35.9 Å². The maximum Gasteiger partial charge on any atom is 0.320 e. The van der Waals surface area contributed by atoms with E-state index < -0.39 is 41.6 Å². The molecule has 118 valence electrons. The van der Waals surface area contributed by atoms with Crippen molar-refractivity contribution in [1.82, 2.24) is 5.32 Å². The van der Waals surface area contributed by atoms with Gasteiger partial charge in [-0.2, -0.15) is 0 Å². The highest BCUT2D eigenvalue weighted by Gasteiger charge is 2.63. The van der Waals surface area contributed by atoms with Gasteiger partial charge in [0.25, 0.3) is 0 Å². The minimum absolute atomic E-state index is 0.362. The van der Waals surface area contributed by atoms with Gasteiger partial charge in [0.05, 0.1) is 11.8 Å². The highest BCUT2D eigenvalue weighted by Crippen LogP contribution is 2.48. The van der Waals surface area contributed by atoms with E-state index in [-0.39, 0.29) is 0 Å². The summed E-state index contributed by atoms with van der Waals surface area (Å²) in [6.45, 7) is 0.362. The lowest BCUT2D eigenvalue weighted by Gasteiger charge is -2.06. The molecule has 1 aliphatic rings. The molecule has 4 atom stereocenters. The van der Waals surface area contributed by atoms with Crippen LogP contribution in [0.5, 0.6) is 0 Å². The molecule has 5 N–H and O–H groups in total. The Balaban J connectivity index is 1.88. The number of benzene rings is 1. The predicted octanol–water partition coefficient (Wildman–Crippen LogP) is -0.296. The Kier molecular flexibility index (Phi) is 4.77. The van der Waals surface area contributed by atoms with Gasteiger partial charge in [0.2, 0.25) is 5.91 Å². The lowest BCUT2D eigenvalue weighted by Crippen LogP contribution is -2.36. The zero-order valence-corrected chi connectivity index (χ0v) is 11.8. The number of rotatable bonds is 7. The average molecular weight is 306 g/mol. The van der Waals surface area contributed by atoms with Gasteiger partial charge in [0.1, 0.15) is 6.04 Å². The van der Waals surface area contributed by atoms with E-state index in [0.29, 0.717) is 13.0 Å². The molecule has 0 saturated heterocycles. The van der Waals surface area contributed by atoms with Gasteiger partial charge in [-0.15, -0.1) is 0 Å². The van der Waals surface area contributed by atoms with E-state index in [1.54, 1.807) is 0 Å². The first-order valence-electron chi connectivity index (χ1n) is 6.96. The van der Waals surface area contributed by atoms with Crippen molar-refractivity contribution in [2.45, 2.75) is 12.5 Å². The molecule has 0 radical (unpaired) electrons. The van der Waals surface area contributed by atoms with Gasteiger partial charge < -0.3 is 21.3 Å². The van der Waals surface area contributed by atoms with E-state index in [1.165, 1.54) is 0 Å². The van der Waals surface area contributed by atoms with Crippen LogP contribution in [-0.2, 0) is 20.8 Å². The van der Waals surface area contributed by atoms with Crippen molar-refractivity contribution in [2.75, 3.05) is 6.54 Å². The molecule has 1 aromatic rings. The van der Waals surface area contributed by atoms with E-state index in [9.17, 15) is 14.4 Å². The molecule has 1 aliphatic carbocycles. The molecule has 1 fully saturated rings. The van der Waals surface area contributed by atoms with Crippen LogP contribution in [0.2, 0.25) is 0 Å². The minimum atomic E-state index is -1.34. The van der Waals surface area contributed by atoms with Crippen LogP contribution in [0.1, 0.15) is 5.56 Å². The van der Waals surface area contributed by atoms with Crippen LogP contribution in [0.25, 0.3) is 0 Å². The van der Waals surface area contributed by atoms with Gasteiger partial charge >= 0.3 is 11.9 Å². The Bertz CT molecular complexity index is 575. The van der Waals surface area contributed by atoms with Crippen molar-refractivity contribution in [1.29, 1.82) is 0 Å². The van der Waals surface area contributed by atoms with E-state index in [0.717, 1.165) is 5.56 Å². The third kappa shape index (κ3) is 3.43. The molecule has 0 aliphatic heterocycles. The molecule has 0 aromatic heterocycles. The average Bonchev–Trinajstić information content (AvgIpc) is 3.23. The lowest BCUT2D eigenvalue weighted by molar-refractivity contribution is -0.141. The van der Waals surface area contributed by atoms with Gasteiger partial charge in [-0.3, -0.25) is 14.4 Å². The number of nitrogens with one attached hydrogen (secondary N) is 1. The Morgan fingerprint density at radius 1 is 1.14 bits per heavy atom. The SMILES string of the molecule is NC(C(=O)O)C1C(C(=O)O)C1C(=O)NCCc1ccccc1. The highest BCUT2D eigenvalue weighted by atomic mass is 16.4. The Hall–Kier alpha value is -2.41. The van der Waals surface area contributed by atoms with E-state index >= 15 is 0 Å². The Labute approximate surface area is 127 Å². The Morgan fingerprint density at radius 2 is 1.77 bits per heavy atom. The van der Waals surface area contributed by atoms with Gasteiger partial charge in [0.15, 0.2) is 0 Å². The molecule has 4 unspecified atom stereocenters. The van der Waals surface area contributed by atoms with Crippen molar-refractivity contribution >= 4 is 17.8 Å². The number of carboxylic acids is 2. The maximum atomic E-state index is 12.0. The van der Waals surface area contributed by atoms with Crippen LogP contribution in [-0.4, -0.2) is 40.6 Å². The molecule has 2 rings (SSSR count). The molecule has 0 bridgehead atoms. The van der Waals surface area contributed by atoms with Gasteiger partial charge in [-0.05, 0) is 12.0 Å².